The third-order valence-corrected chi connectivity index (χ3v) is 2.44. The molecule has 1 aliphatic carbocycles. The number of hydrogen-bond acceptors (Lipinski definition) is 3. The molecule has 0 bridgehead atoms. The summed E-state index contributed by atoms with van der Waals surface area (Å²) in [7, 11) is 0. The summed E-state index contributed by atoms with van der Waals surface area (Å²) in [5.41, 5.74) is 6.42. The minimum atomic E-state index is 0.240. The van der Waals surface area contributed by atoms with Crippen molar-refractivity contribution in [2.24, 2.45) is 11.7 Å². The molecule has 0 unspecified atom stereocenters. The van der Waals surface area contributed by atoms with Gasteiger partial charge in [0.1, 0.15) is 11.5 Å². The highest BCUT2D eigenvalue weighted by Crippen LogP contribution is 2.31. The number of rotatable bonds is 4. The molecule has 3 N–H and O–H groups in total. The lowest BCUT2D eigenvalue weighted by Gasteiger charge is -2.09. The predicted molar refractivity (Wildman–Crippen MR) is 54.2 cm³/mol. The topological polar surface area (TPSA) is 55.5 Å². The Labute approximate surface area is 83.5 Å². The van der Waals surface area contributed by atoms with E-state index in [0.29, 0.717) is 6.54 Å². The molecule has 0 heterocycles. The normalized spacial score (nSPS) is 15.5. The molecule has 1 saturated carbocycles. The molecule has 0 aliphatic heterocycles. The van der Waals surface area contributed by atoms with Crippen LogP contribution in [0.15, 0.2) is 18.2 Å². The quantitative estimate of drug-likeness (QED) is 0.764. The van der Waals surface area contributed by atoms with Crippen LogP contribution in [0.25, 0.3) is 0 Å². The van der Waals surface area contributed by atoms with Crippen LogP contribution in [0.5, 0.6) is 11.5 Å². The fourth-order valence-electron chi connectivity index (χ4n) is 1.36. The van der Waals surface area contributed by atoms with E-state index in [0.717, 1.165) is 23.8 Å². The largest absolute Gasteiger partial charge is 0.508 e. The Balaban J connectivity index is 2.05. The van der Waals surface area contributed by atoms with Gasteiger partial charge in [0.25, 0.3) is 0 Å². The Morgan fingerprint density at radius 1 is 1.43 bits per heavy atom. The minimum Gasteiger partial charge on any atom is -0.508 e. The Kier molecular flexibility index (Phi) is 2.59. The van der Waals surface area contributed by atoms with E-state index in [-0.39, 0.29) is 5.75 Å². The molecule has 1 aromatic rings. The number of aromatic hydroxyl groups is 1. The molecule has 3 nitrogen and oxygen atoms in total. The fraction of sp³-hybridized carbons (Fsp3) is 0.455. The van der Waals surface area contributed by atoms with Gasteiger partial charge in [-0.25, -0.2) is 0 Å². The van der Waals surface area contributed by atoms with Crippen molar-refractivity contribution in [3.05, 3.63) is 23.8 Å². The fourth-order valence-corrected chi connectivity index (χ4v) is 1.36. The maximum absolute atomic E-state index is 9.25. The summed E-state index contributed by atoms with van der Waals surface area (Å²) >= 11 is 0. The van der Waals surface area contributed by atoms with Crippen LogP contribution < -0.4 is 10.5 Å². The second-order valence-corrected chi connectivity index (χ2v) is 3.75. The van der Waals surface area contributed by atoms with Crippen molar-refractivity contribution in [1.29, 1.82) is 0 Å². The van der Waals surface area contributed by atoms with Crippen LogP contribution in [0, 0.1) is 5.92 Å². The molecule has 1 aliphatic rings. The third kappa shape index (κ3) is 2.17. The van der Waals surface area contributed by atoms with Gasteiger partial charge in [-0.2, -0.15) is 0 Å². The first-order valence-corrected chi connectivity index (χ1v) is 4.94. The molecule has 0 saturated heterocycles. The molecule has 3 heteroatoms. The van der Waals surface area contributed by atoms with Crippen molar-refractivity contribution in [3.63, 3.8) is 0 Å². The van der Waals surface area contributed by atoms with Gasteiger partial charge in [0, 0.05) is 12.1 Å². The molecule has 0 aromatic heterocycles. The number of ether oxygens (including phenoxy) is 1. The molecule has 76 valence electrons. The lowest BCUT2D eigenvalue weighted by atomic mass is 10.2. The monoisotopic (exact) mass is 193 g/mol. The van der Waals surface area contributed by atoms with Gasteiger partial charge >= 0.3 is 0 Å². The van der Waals surface area contributed by atoms with E-state index in [4.69, 9.17) is 10.5 Å². The summed E-state index contributed by atoms with van der Waals surface area (Å²) in [5.74, 6) is 1.77. The third-order valence-electron chi connectivity index (χ3n) is 2.44. The van der Waals surface area contributed by atoms with Gasteiger partial charge in [0.15, 0.2) is 0 Å². The smallest absolute Gasteiger partial charge is 0.124 e. The van der Waals surface area contributed by atoms with Gasteiger partial charge in [0.05, 0.1) is 6.61 Å². The average Bonchev–Trinajstić information content (AvgIpc) is 2.99. The van der Waals surface area contributed by atoms with E-state index in [1.807, 2.05) is 0 Å². The van der Waals surface area contributed by atoms with Crippen molar-refractivity contribution in [1.82, 2.24) is 0 Å². The Morgan fingerprint density at radius 2 is 2.21 bits per heavy atom. The van der Waals surface area contributed by atoms with Crippen LogP contribution in [0.3, 0.4) is 0 Å². The summed E-state index contributed by atoms with van der Waals surface area (Å²) in [6.45, 7) is 1.17. The van der Waals surface area contributed by atoms with Crippen LogP contribution in [0.2, 0.25) is 0 Å². The molecule has 0 atom stereocenters. The highest BCUT2D eigenvalue weighted by atomic mass is 16.5. The number of benzene rings is 1. The van der Waals surface area contributed by atoms with Crippen molar-refractivity contribution < 1.29 is 9.84 Å². The van der Waals surface area contributed by atoms with E-state index in [1.54, 1.807) is 18.2 Å². The Morgan fingerprint density at radius 3 is 2.86 bits per heavy atom. The Hall–Kier alpha value is -1.22. The van der Waals surface area contributed by atoms with Crippen LogP contribution in [0.4, 0.5) is 0 Å². The molecule has 0 amide bonds. The van der Waals surface area contributed by atoms with Crippen molar-refractivity contribution >= 4 is 0 Å². The van der Waals surface area contributed by atoms with Crippen molar-refractivity contribution in [2.45, 2.75) is 19.4 Å². The van der Waals surface area contributed by atoms with E-state index in [9.17, 15) is 5.11 Å². The molecular formula is C11H15NO2. The van der Waals surface area contributed by atoms with Gasteiger partial charge in [-0.3, -0.25) is 0 Å². The molecular weight excluding hydrogens is 178 g/mol. The van der Waals surface area contributed by atoms with Gasteiger partial charge < -0.3 is 15.6 Å². The van der Waals surface area contributed by atoms with Crippen LogP contribution >= 0.6 is 0 Å². The number of phenols is 1. The zero-order valence-electron chi connectivity index (χ0n) is 8.07. The predicted octanol–water partition coefficient (Wildman–Crippen LogP) is 1.64. The highest BCUT2D eigenvalue weighted by Gasteiger charge is 2.22. The van der Waals surface area contributed by atoms with Crippen molar-refractivity contribution in [2.75, 3.05) is 6.61 Å². The summed E-state index contributed by atoms with van der Waals surface area (Å²) in [6, 6.07) is 5.06. The lowest BCUT2D eigenvalue weighted by Crippen LogP contribution is -2.04. The standard InChI is InChI=1S/C11H15NO2/c12-6-9-5-10(13)3-4-11(9)14-7-8-1-2-8/h3-5,8,13H,1-2,6-7,12H2. The molecule has 1 fully saturated rings. The first kappa shape index (κ1) is 9.34. The Bertz CT molecular complexity index is 321. The van der Waals surface area contributed by atoms with E-state index in [1.165, 1.54) is 12.8 Å². The summed E-state index contributed by atoms with van der Waals surface area (Å²) in [5, 5.41) is 9.25. The maximum Gasteiger partial charge on any atom is 0.124 e. The van der Waals surface area contributed by atoms with Crippen molar-refractivity contribution in [3.8, 4) is 11.5 Å². The first-order valence-electron chi connectivity index (χ1n) is 4.94. The number of nitrogens with two attached hydrogens (primary N) is 1. The maximum atomic E-state index is 9.25. The zero-order valence-corrected chi connectivity index (χ0v) is 8.07. The second kappa shape index (κ2) is 3.88. The number of hydrogen-bond donors (Lipinski definition) is 2. The summed E-state index contributed by atoms with van der Waals surface area (Å²) in [4.78, 5) is 0. The minimum absolute atomic E-state index is 0.240. The van der Waals surface area contributed by atoms with Crippen LogP contribution in [0.1, 0.15) is 18.4 Å². The summed E-state index contributed by atoms with van der Waals surface area (Å²) in [6.07, 6.45) is 2.55. The molecule has 1 aromatic carbocycles. The SMILES string of the molecule is NCc1cc(O)ccc1OCC1CC1. The average molecular weight is 193 g/mol. The molecule has 0 spiro atoms. The van der Waals surface area contributed by atoms with Gasteiger partial charge in [-0.1, -0.05) is 0 Å². The zero-order chi connectivity index (χ0) is 9.97. The lowest BCUT2D eigenvalue weighted by molar-refractivity contribution is 0.296. The van der Waals surface area contributed by atoms with Gasteiger partial charge in [-0.05, 0) is 37.0 Å². The van der Waals surface area contributed by atoms with Gasteiger partial charge in [-0.15, -0.1) is 0 Å². The van der Waals surface area contributed by atoms with Gasteiger partial charge in [0.2, 0.25) is 0 Å². The molecule has 2 rings (SSSR count). The van der Waals surface area contributed by atoms with E-state index >= 15 is 0 Å². The van der Waals surface area contributed by atoms with E-state index in [2.05, 4.69) is 0 Å². The highest BCUT2D eigenvalue weighted by molar-refractivity contribution is 5.39. The van der Waals surface area contributed by atoms with Crippen LogP contribution in [-0.4, -0.2) is 11.7 Å². The number of phenolic OH excluding ortho intramolecular Hbond substituents is 1. The summed E-state index contributed by atoms with van der Waals surface area (Å²) < 4.78 is 5.62. The molecule has 0 radical (unpaired) electrons. The van der Waals surface area contributed by atoms with Crippen LogP contribution in [-0.2, 0) is 6.54 Å². The first-order chi connectivity index (χ1) is 6.79. The molecule has 14 heavy (non-hydrogen) atoms. The second-order valence-electron chi connectivity index (χ2n) is 3.75. The van der Waals surface area contributed by atoms with E-state index < -0.39 is 0 Å².